The molecule has 0 fully saturated rings. The molecule has 1 heterocycles. The fraction of sp³-hybridized carbons (Fsp3) is 0.625. The van der Waals surface area contributed by atoms with Crippen LogP contribution in [0.3, 0.4) is 0 Å². The minimum atomic E-state index is -3.64. The van der Waals surface area contributed by atoms with Crippen molar-refractivity contribution in [2.75, 3.05) is 5.73 Å². The van der Waals surface area contributed by atoms with Gasteiger partial charge in [0.2, 0.25) is 5.88 Å². The highest BCUT2D eigenvalue weighted by Gasteiger charge is 2.30. The molecule has 0 amide bonds. The largest absolute Gasteiger partial charge is 0.471 e. The number of carbonyl (C=O) groups excluding carboxylic acids is 1. The average molecular weight is 342 g/mol. The van der Waals surface area contributed by atoms with E-state index in [9.17, 15) is 13.2 Å². The predicted octanol–water partition coefficient (Wildman–Crippen LogP) is 2.86. The van der Waals surface area contributed by atoms with Gasteiger partial charge in [0.15, 0.2) is 15.6 Å². The van der Waals surface area contributed by atoms with E-state index in [0.717, 1.165) is 0 Å². The number of anilines is 1. The summed E-state index contributed by atoms with van der Waals surface area (Å²) in [6, 6.07) is 1.28. The number of aromatic nitrogens is 1. The molecule has 0 saturated heterocycles. The molecule has 0 aliphatic carbocycles. The molecule has 0 aromatic carbocycles. The summed E-state index contributed by atoms with van der Waals surface area (Å²) in [7, 11) is -3.64. The molecule has 0 bridgehead atoms. The van der Waals surface area contributed by atoms with Gasteiger partial charge in [-0.25, -0.2) is 13.4 Å². The lowest BCUT2D eigenvalue weighted by molar-refractivity contribution is 0.0925. The number of carbonyl (C=O) groups is 1. The Balaban J connectivity index is 3.65. The highest BCUT2D eigenvalue weighted by atomic mass is 32.2. The van der Waals surface area contributed by atoms with Gasteiger partial charge in [0.25, 0.3) is 0 Å². The predicted molar refractivity (Wildman–Crippen MR) is 90.5 cm³/mol. The second-order valence-corrected chi connectivity index (χ2v) is 9.53. The summed E-state index contributed by atoms with van der Waals surface area (Å²) >= 11 is 0. The van der Waals surface area contributed by atoms with Gasteiger partial charge < -0.3 is 10.5 Å². The average Bonchev–Trinajstić information content (AvgIpc) is 2.37. The van der Waals surface area contributed by atoms with Crippen molar-refractivity contribution in [1.29, 1.82) is 0 Å². The van der Waals surface area contributed by atoms with Gasteiger partial charge in [-0.2, -0.15) is 0 Å². The third-order valence-electron chi connectivity index (χ3n) is 3.07. The molecule has 0 aliphatic heterocycles. The van der Waals surface area contributed by atoms with Gasteiger partial charge in [-0.3, -0.25) is 4.79 Å². The lowest BCUT2D eigenvalue weighted by atomic mass is 10.0. The maximum atomic E-state index is 12.5. The Morgan fingerprint density at radius 3 is 2.13 bits per heavy atom. The standard InChI is InChI=1S/C16H26N2O4S/c1-9(2)14(19)13-11(17)8-12(23(20,21)10(3)4)15(18-13)22-16(5,6)7/h8-10H,17H2,1-7H3. The Morgan fingerprint density at radius 2 is 1.74 bits per heavy atom. The molecule has 0 aliphatic rings. The molecule has 23 heavy (non-hydrogen) atoms. The number of ether oxygens (including phenoxy) is 1. The fourth-order valence-corrected chi connectivity index (χ4v) is 2.91. The second-order valence-electron chi connectivity index (χ2n) is 7.06. The van der Waals surface area contributed by atoms with E-state index in [1.807, 2.05) is 0 Å². The fourth-order valence-electron chi connectivity index (χ4n) is 1.78. The van der Waals surface area contributed by atoms with E-state index >= 15 is 0 Å². The molecule has 1 aromatic rings. The number of Topliss-reactive ketones (excluding diaryl/α,β-unsaturated/α-hetero) is 1. The number of rotatable bonds is 5. The third kappa shape index (κ3) is 4.43. The summed E-state index contributed by atoms with van der Waals surface area (Å²) in [6.45, 7) is 11.9. The Bertz CT molecular complexity index is 702. The maximum Gasteiger partial charge on any atom is 0.233 e. The normalized spacial score (nSPS) is 12.7. The Morgan fingerprint density at radius 1 is 1.22 bits per heavy atom. The molecule has 0 atom stereocenters. The molecule has 2 N–H and O–H groups in total. The third-order valence-corrected chi connectivity index (χ3v) is 5.22. The zero-order valence-electron chi connectivity index (χ0n) is 14.8. The van der Waals surface area contributed by atoms with Crippen LogP contribution in [-0.4, -0.2) is 30.0 Å². The number of sulfone groups is 1. The van der Waals surface area contributed by atoms with Crippen LogP contribution in [0.25, 0.3) is 0 Å². The zero-order chi connectivity index (χ0) is 18.2. The summed E-state index contributed by atoms with van der Waals surface area (Å²) in [5.74, 6) is -0.640. The number of nitrogens with zero attached hydrogens (tertiary/aromatic N) is 1. The SMILES string of the molecule is CC(C)C(=O)c1nc(OC(C)(C)C)c(S(=O)(=O)C(C)C)cc1N. The van der Waals surface area contributed by atoms with Crippen molar-refractivity contribution in [3.8, 4) is 5.88 Å². The quantitative estimate of drug-likeness (QED) is 0.826. The molecule has 1 rings (SSSR count). The van der Waals surface area contributed by atoms with E-state index in [0.29, 0.717) is 0 Å². The molecule has 6 nitrogen and oxygen atoms in total. The molecule has 0 unspecified atom stereocenters. The molecular formula is C16H26N2O4S. The van der Waals surface area contributed by atoms with Crippen LogP contribution in [0.5, 0.6) is 5.88 Å². The summed E-state index contributed by atoms with van der Waals surface area (Å²) in [5.41, 5.74) is 5.31. The van der Waals surface area contributed by atoms with Crippen molar-refractivity contribution < 1.29 is 17.9 Å². The summed E-state index contributed by atoms with van der Waals surface area (Å²) in [5, 5.41) is -0.655. The molecular weight excluding hydrogens is 316 g/mol. The van der Waals surface area contributed by atoms with Crippen LogP contribution in [0.15, 0.2) is 11.0 Å². The number of nitrogen functional groups attached to an aromatic ring is 1. The van der Waals surface area contributed by atoms with Crippen molar-refractivity contribution in [3.63, 3.8) is 0 Å². The van der Waals surface area contributed by atoms with Crippen LogP contribution in [0, 0.1) is 5.92 Å². The van der Waals surface area contributed by atoms with E-state index in [4.69, 9.17) is 10.5 Å². The van der Waals surface area contributed by atoms with Gasteiger partial charge in [0.1, 0.15) is 16.2 Å². The Labute approximate surface area is 138 Å². The van der Waals surface area contributed by atoms with Gasteiger partial charge >= 0.3 is 0 Å². The zero-order valence-corrected chi connectivity index (χ0v) is 15.6. The minimum absolute atomic E-state index is 0.0435. The first kappa shape index (κ1) is 19.4. The molecule has 1 aromatic heterocycles. The number of pyridine rings is 1. The Kier molecular flexibility index (Phi) is 5.46. The van der Waals surface area contributed by atoms with Crippen molar-refractivity contribution >= 4 is 21.3 Å². The smallest absolute Gasteiger partial charge is 0.233 e. The highest BCUT2D eigenvalue weighted by molar-refractivity contribution is 7.92. The first-order valence-electron chi connectivity index (χ1n) is 7.55. The number of nitrogens with two attached hydrogens (primary N) is 1. The molecule has 0 saturated carbocycles. The van der Waals surface area contributed by atoms with Crippen LogP contribution >= 0.6 is 0 Å². The first-order valence-corrected chi connectivity index (χ1v) is 9.09. The van der Waals surface area contributed by atoms with E-state index < -0.39 is 20.7 Å². The molecule has 0 spiro atoms. The van der Waals surface area contributed by atoms with E-state index in [1.54, 1.807) is 48.5 Å². The van der Waals surface area contributed by atoms with Gasteiger partial charge in [0, 0.05) is 5.92 Å². The van der Waals surface area contributed by atoms with E-state index in [1.165, 1.54) is 6.07 Å². The lowest BCUT2D eigenvalue weighted by Crippen LogP contribution is -2.27. The van der Waals surface area contributed by atoms with Gasteiger partial charge in [-0.1, -0.05) is 13.8 Å². The summed E-state index contributed by atoms with van der Waals surface area (Å²) in [6.07, 6.45) is 0. The van der Waals surface area contributed by atoms with Crippen molar-refractivity contribution in [1.82, 2.24) is 4.98 Å². The number of hydrogen-bond donors (Lipinski definition) is 1. The van der Waals surface area contributed by atoms with Crippen LogP contribution in [0.4, 0.5) is 5.69 Å². The number of hydrogen-bond acceptors (Lipinski definition) is 6. The first-order chi connectivity index (χ1) is 10.3. The lowest BCUT2D eigenvalue weighted by Gasteiger charge is -2.23. The highest BCUT2D eigenvalue weighted by Crippen LogP contribution is 2.32. The second kappa shape index (κ2) is 6.47. The number of ketones is 1. The van der Waals surface area contributed by atoms with Crippen LogP contribution < -0.4 is 10.5 Å². The molecule has 130 valence electrons. The van der Waals surface area contributed by atoms with Gasteiger partial charge in [-0.15, -0.1) is 0 Å². The van der Waals surface area contributed by atoms with Gasteiger partial charge in [0.05, 0.1) is 10.9 Å². The monoisotopic (exact) mass is 342 g/mol. The molecule has 7 heteroatoms. The summed E-state index contributed by atoms with van der Waals surface area (Å²) in [4.78, 5) is 16.3. The molecule has 0 radical (unpaired) electrons. The maximum absolute atomic E-state index is 12.5. The van der Waals surface area contributed by atoms with Crippen molar-refractivity contribution in [3.05, 3.63) is 11.8 Å². The topological polar surface area (TPSA) is 99.3 Å². The van der Waals surface area contributed by atoms with Crippen LogP contribution in [0.1, 0.15) is 59.0 Å². The summed E-state index contributed by atoms with van der Waals surface area (Å²) < 4.78 is 30.8. The van der Waals surface area contributed by atoms with Crippen molar-refractivity contribution in [2.24, 2.45) is 5.92 Å². The van der Waals surface area contributed by atoms with E-state index in [-0.39, 0.29) is 33.9 Å². The van der Waals surface area contributed by atoms with Crippen molar-refractivity contribution in [2.45, 2.75) is 64.2 Å². The van der Waals surface area contributed by atoms with Gasteiger partial charge in [-0.05, 0) is 40.7 Å². The Hall–Kier alpha value is -1.63. The van der Waals surface area contributed by atoms with Crippen LogP contribution in [0.2, 0.25) is 0 Å². The minimum Gasteiger partial charge on any atom is -0.471 e. The van der Waals surface area contributed by atoms with E-state index in [2.05, 4.69) is 4.98 Å². The van der Waals surface area contributed by atoms with Crippen LogP contribution in [-0.2, 0) is 9.84 Å².